The van der Waals surface area contributed by atoms with Gasteiger partial charge in [0.05, 0.1) is 23.5 Å². The van der Waals surface area contributed by atoms with E-state index >= 15 is 0 Å². The summed E-state index contributed by atoms with van der Waals surface area (Å²) in [5.74, 6) is 0. The van der Waals surface area contributed by atoms with Crippen molar-refractivity contribution < 1.29 is 9.53 Å². The van der Waals surface area contributed by atoms with Crippen molar-refractivity contribution in [1.82, 2.24) is 9.88 Å². The quantitative estimate of drug-likeness (QED) is 0.329. The Morgan fingerprint density at radius 1 is 1.39 bits per heavy atom. The molecule has 0 spiro atoms. The van der Waals surface area contributed by atoms with Gasteiger partial charge in [0.25, 0.3) is 0 Å². The number of amides is 1. The van der Waals surface area contributed by atoms with Crippen molar-refractivity contribution in [3.8, 4) is 0 Å². The predicted molar refractivity (Wildman–Crippen MR) is 118 cm³/mol. The first kappa shape index (κ1) is 22.3. The molecule has 1 amide bonds. The molecular formula is C22H30BrN3O2. The molecule has 152 valence electrons. The van der Waals surface area contributed by atoms with Crippen LogP contribution in [0.2, 0.25) is 0 Å². The second kappa shape index (κ2) is 9.50. The molecule has 1 aromatic rings. The Kier molecular flexibility index (Phi) is 7.58. The summed E-state index contributed by atoms with van der Waals surface area (Å²) in [7, 11) is 1.77. The van der Waals surface area contributed by atoms with E-state index in [-0.39, 0.29) is 18.2 Å². The Morgan fingerprint density at radius 3 is 2.68 bits per heavy atom. The fourth-order valence-corrected chi connectivity index (χ4v) is 3.95. The Hall–Kier alpha value is -1.95. The summed E-state index contributed by atoms with van der Waals surface area (Å²) in [5, 5.41) is 0. The summed E-state index contributed by atoms with van der Waals surface area (Å²) < 4.78 is 6.53. The molecule has 1 fully saturated rings. The maximum absolute atomic E-state index is 13.3. The number of ether oxygens (including phenoxy) is 1. The van der Waals surface area contributed by atoms with Crippen molar-refractivity contribution in [1.29, 1.82) is 0 Å². The zero-order valence-electron chi connectivity index (χ0n) is 17.4. The minimum atomic E-state index is -0.580. The van der Waals surface area contributed by atoms with E-state index in [1.54, 1.807) is 13.1 Å². The molecular weight excluding hydrogens is 418 g/mol. The number of piperidine rings is 1. The van der Waals surface area contributed by atoms with Crippen LogP contribution in [0.15, 0.2) is 52.1 Å². The van der Waals surface area contributed by atoms with Crippen molar-refractivity contribution in [2.24, 2.45) is 4.99 Å². The van der Waals surface area contributed by atoms with Gasteiger partial charge in [0.1, 0.15) is 10.2 Å². The number of aliphatic imine (C=N–C) groups is 1. The van der Waals surface area contributed by atoms with Crippen LogP contribution in [0.5, 0.6) is 0 Å². The molecule has 0 radical (unpaired) electrons. The fourth-order valence-electron chi connectivity index (χ4n) is 3.59. The summed E-state index contributed by atoms with van der Waals surface area (Å²) in [6.07, 6.45) is 5.98. The first-order valence-electron chi connectivity index (χ1n) is 9.58. The van der Waals surface area contributed by atoms with Crippen molar-refractivity contribution in [3.63, 3.8) is 0 Å². The summed E-state index contributed by atoms with van der Waals surface area (Å²) in [4.78, 5) is 24.2. The SMILES string of the molecule is C=C/C=C(/C)C(=NC)C1CCCC(c2cccc(Br)n2)N1C(=O)OC(C)(C)C. The highest BCUT2D eigenvalue weighted by Crippen LogP contribution is 2.36. The van der Waals surface area contributed by atoms with Crippen molar-refractivity contribution >= 4 is 27.7 Å². The molecule has 1 aliphatic rings. The van der Waals surface area contributed by atoms with Crippen LogP contribution in [-0.4, -0.2) is 40.4 Å². The highest BCUT2D eigenvalue weighted by molar-refractivity contribution is 9.10. The van der Waals surface area contributed by atoms with Crippen LogP contribution >= 0.6 is 15.9 Å². The zero-order chi connectivity index (χ0) is 20.9. The number of allylic oxidation sites excluding steroid dienone is 2. The number of pyridine rings is 1. The third kappa shape index (κ3) is 5.53. The Bertz CT molecular complexity index is 780. The number of nitrogens with zero attached hydrogens (tertiary/aromatic N) is 3. The molecule has 0 saturated carbocycles. The van der Waals surface area contributed by atoms with Crippen LogP contribution in [-0.2, 0) is 4.74 Å². The Labute approximate surface area is 176 Å². The van der Waals surface area contributed by atoms with E-state index in [0.29, 0.717) is 0 Å². The predicted octanol–water partition coefficient (Wildman–Crippen LogP) is 5.88. The summed E-state index contributed by atoms with van der Waals surface area (Å²) >= 11 is 3.45. The zero-order valence-corrected chi connectivity index (χ0v) is 19.0. The fraction of sp³-hybridized carbons (Fsp3) is 0.500. The maximum atomic E-state index is 13.3. The molecule has 5 nitrogen and oxygen atoms in total. The maximum Gasteiger partial charge on any atom is 0.411 e. The van der Waals surface area contributed by atoms with Gasteiger partial charge in [0.2, 0.25) is 0 Å². The lowest BCUT2D eigenvalue weighted by atomic mass is 9.88. The molecule has 2 atom stereocenters. The van der Waals surface area contributed by atoms with Crippen LogP contribution in [0, 0.1) is 0 Å². The highest BCUT2D eigenvalue weighted by atomic mass is 79.9. The summed E-state index contributed by atoms with van der Waals surface area (Å²) in [6, 6.07) is 5.46. The van der Waals surface area contributed by atoms with Crippen LogP contribution in [0.3, 0.4) is 0 Å². The van der Waals surface area contributed by atoms with Crippen LogP contribution < -0.4 is 0 Å². The number of likely N-dealkylation sites (tertiary alicyclic amines) is 1. The largest absolute Gasteiger partial charge is 0.444 e. The summed E-state index contributed by atoms with van der Waals surface area (Å²) in [5.41, 5.74) is 2.15. The molecule has 0 N–H and O–H groups in total. The van der Waals surface area contributed by atoms with E-state index in [4.69, 9.17) is 4.74 Å². The third-order valence-electron chi connectivity index (χ3n) is 4.64. The lowest BCUT2D eigenvalue weighted by Gasteiger charge is -2.42. The molecule has 1 aromatic heterocycles. The monoisotopic (exact) mass is 447 g/mol. The number of rotatable bonds is 4. The number of carbonyl (C=O) groups excluding carboxylic acids is 1. The van der Waals surface area contributed by atoms with E-state index in [1.165, 1.54) is 0 Å². The lowest BCUT2D eigenvalue weighted by molar-refractivity contribution is 0.00238. The average Bonchev–Trinajstić information content (AvgIpc) is 2.61. The van der Waals surface area contributed by atoms with E-state index in [1.807, 2.05) is 56.9 Å². The smallest absolute Gasteiger partial charge is 0.411 e. The normalized spacial score (nSPS) is 21.4. The highest BCUT2D eigenvalue weighted by Gasteiger charge is 2.40. The minimum absolute atomic E-state index is 0.167. The molecule has 2 rings (SSSR count). The van der Waals surface area contributed by atoms with Gasteiger partial charge in [0, 0.05) is 7.05 Å². The molecule has 0 aliphatic carbocycles. The van der Waals surface area contributed by atoms with Crippen LogP contribution in [0.4, 0.5) is 4.79 Å². The topological polar surface area (TPSA) is 54.8 Å². The first-order valence-corrected chi connectivity index (χ1v) is 10.4. The Morgan fingerprint density at radius 2 is 2.11 bits per heavy atom. The number of hydrogen-bond donors (Lipinski definition) is 0. The Balaban J connectivity index is 2.51. The van der Waals surface area contributed by atoms with Crippen molar-refractivity contribution in [3.05, 3.63) is 52.8 Å². The molecule has 6 heteroatoms. The first-order chi connectivity index (χ1) is 13.2. The number of aromatic nitrogens is 1. The molecule has 2 unspecified atom stereocenters. The van der Waals surface area contributed by atoms with Gasteiger partial charge in [-0.25, -0.2) is 9.78 Å². The van der Waals surface area contributed by atoms with Gasteiger partial charge in [-0.2, -0.15) is 0 Å². The molecule has 28 heavy (non-hydrogen) atoms. The van der Waals surface area contributed by atoms with Gasteiger partial charge in [-0.05, 0) is 80.6 Å². The van der Waals surface area contributed by atoms with Gasteiger partial charge in [-0.3, -0.25) is 9.89 Å². The molecule has 2 heterocycles. The van der Waals surface area contributed by atoms with Crippen LogP contribution in [0.25, 0.3) is 0 Å². The van der Waals surface area contributed by atoms with Crippen molar-refractivity contribution in [2.45, 2.75) is 64.6 Å². The van der Waals surface area contributed by atoms with Gasteiger partial charge in [0.15, 0.2) is 0 Å². The van der Waals surface area contributed by atoms with E-state index in [2.05, 4.69) is 32.5 Å². The molecule has 1 aliphatic heterocycles. The number of carbonyl (C=O) groups is 1. The average molecular weight is 448 g/mol. The number of halogens is 1. The van der Waals surface area contributed by atoms with E-state index in [9.17, 15) is 4.79 Å². The van der Waals surface area contributed by atoms with Gasteiger partial charge in [-0.1, -0.05) is 24.8 Å². The van der Waals surface area contributed by atoms with Crippen LogP contribution in [0.1, 0.15) is 58.7 Å². The second-order valence-electron chi connectivity index (χ2n) is 7.93. The van der Waals surface area contributed by atoms with E-state index in [0.717, 1.165) is 40.8 Å². The second-order valence-corrected chi connectivity index (χ2v) is 8.74. The standard InChI is InChI=1S/C22H30BrN3O2/c1-7-10-15(2)20(24-6)18-13-9-12-17(16-11-8-14-19(23)25-16)26(18)21(27)28-22(3,4)5/h7-8,10-11,14,17-18H,1,9,12-13H2,2-6H3/b15-10-,24-20?. The molecule has 1 saturated heterocycles. The van der Waals surface area contributed by atoms with Gasteiger partial charge < -0.3 is 4.74 Å². The van der Waals surface area contributed by atoms with Gasteiger partial charge >= 0.3 is 6.09 Å². The van der Waals surface area contributed by atoms with E-state index < -0.39 is 5.60 Å². The minimum Gasteiger partial charge on any atom is -0.444 e. The number of hydrogen-bond acceptors (Lipinski definition) is 4. The molecule has 0 aromatic carbocycles. The van der Waals surface area contributed by atoms with Gasteiger partial charge in [-0.15, -0.1) is 0 Å². The third-order valence-corrected chi connectivity index (χ3v) is 5.08. The lowest BCUT2D eigenvalue weighted by Crippen LogP contribution is -2.51. The summed E-state index contributed by atoms with van der Waals surface area (Å²) in [6.45, 7) is 11.4. The van der Waals surface area contributed by atoms with Crippen molar-refractivity contribution in [2.75, 3.05) is 7.05 Å². The molecule has 0 bridgehead atoms.